The first kappa shape index (κ1) is 26.3. The SMILES string of the molecule is CC1(C)OC[C@H](COc2ccc(NC(=O)C3C[C@H]4CN3C3=CN=C(c5cccc(C(F)(F)F)c5)NC3=N4)cn2)O1. The first-order valence-electron chi connectivity index (χ1n) is 12.8. The number of benzene rings is 1. The molecule has 2 N–H and O–H groups in total. The Morgan fingerprint density at radius 3 is 2.83 bits per heavy atom. The standard InChI is InChI=1S/C27H27F3N6O4/c1-26(2)39-14-19(40-26)13-38-22-7-6-17(10-31-22)34-25(37)20-9-18-12-36(20)21-11-32-23(35-24(21)33-18)15-4-3-5-16(8-15)27(28,29)30/h3-8,10-11,18-20H,9,12-14H2,1-2H3,(H,34,37)(H,32,33,35)/t18-,19-,20?/m0/s1. The number of anilines is 1. The molecule has 4 aliphatic rings. The summed E-state index contributed by atoms with van der Waals surface area (Å²) in [5.41, 5.74) is 0.671. The number of rotatable bonds is 6. The van der Waals surface area contributed by atoms with E-state index >= 15 is 0 Å². The first-order valence-corrected chi connectivity index (χ1v) is 12.8. The lowest BCUT2D eigenvalue weighted by Crippen LogP contribution is -2.47. The van der Waals surface area contributed by atoms with Crippen molar-refractivity contribution in [3.05, 3.63) is 65.6 Å². The maximum absolute atomic E-state index is 13.2. The van der Waals surface area contributed by atoms with Gasteiger partial charge in [-0.2, -0.15) is 13.2 Å². The van der Waals surface area contributed by atoms with E-state index in [1.54, 1.807) is 24.4 Å². The van der Waals surface area contributed by atoms with Crippen LogP contribution in [0.15, 0.2) is 64.5 Å². The zero-order valence-electron chi connectivity index (χ0n) is 21.7. The molecule has 6 rings (SSSR count). The van der Waals surface area contributed by atoms with Crippen LogP contribution in [-0.2, 0) is 20.4 Å². The molecule has 5 heterocycles. The molecule has 2 aromatic rings. The Kier molecular flexibility index (Phi) is 6.50. The molecule has 0 radical (unpaired) electrons. The minimum absolute atomic E-state index is 0.142. The van der Waals surface area contributed by atoms with Gasteiger partial charge in [0.2, 0.25) is 11.8 Å². The quantitative estimate of drug-likeness (QED) is 0.562. The Labute approximate surface area is 227 Å². The van der Waals surface area contributed by atoms with Gasteiger partial charge in [0.1, 0.15) is 24.6 Å². The molecule has 10 nitrogen and oxygen atoms in total. The van der Waals surface area contributed by atoms with Gasteiger partial charge < -0.3 is 29.7 Å². The molecule has 0 aliphatic carbocycles. The number of amidine groups is 2. The topological polar surface area (TPSA) is 110 Å². The van der Waals surface area contributed by atoms with Crippen molar-refractivity contribution >= 4 is 23.3 Å². The van der Waals surface area contributed by atoms with Crippen LogP contribution in [0, 0.1) is 0 Å². The van der Waals surface area contributed by atoms with Crippen LogP contribution < -0.4 is 15.4 Å². The number of amides is 1. The van der Waals surface area contributed by atoms with Crippen molar-refractivity contribution in [2.24, 2.45) is 9.98 Å². The Morgan fingerprint density at radius 2 is 2.10 bits per heavy atom. The van der Waals surface area contributed by atoms with Gasteiger partial charge in [0.25, 0.3) is 0 Å². The third-order valence-electron chi connectivity index (χ3n) is 6.95. The molecule has 3 atom stereocenters. The molecular formula is C27H27F3N6O4. The number of alkyl halides is 3. The van der Waals surface area contributed by atoms with Crippen molar-refractivity contribution in [3.8, 4) is 5.88 Å². The number of aliphatic imine (C=N–C) groups is 2. The van der Waals surface area contributed by atoms with Gasteiger partial charge in [-0.15, -0.1) is 0 Å². The van der Waals surface area contributed by atoms with Crippen LogP contribution in [0.1, 0.15) is 31.4 Å². The summed E-state index contributed by atoms with van der Waals surface area (Å²) in [6, 6.07) is 7.69. The second-order valence-corrected chi connectivity index (χ2v) is 10.4. The summed E-state index contributed by atoms with van der Waals surface area (Å²) >= 11 is 0. The van der Waals surface area contributed by atoms with Gasteiger partial charge in [-0.25, -0.2) is 9.98 Å². The average Bonchev–Trinajstić information content (AvgIpc) is 3.46. The third-order valence-corrected chi connectivity index (χ3v) is 6.95. The molecule has 13 heteroatoms. The fraction of sp³-hybridized carbons (Fsp3) is 0.407. The van der Waals surface area contributed by atoms with Crippen LogP contribution in [0.4, 0.5) is 18.9 Å². The molecule has 1 aromatic carbocycles. The highest BCUT2D eigenvalue weighted by molar-refractivity contribution is 6.17. The second-order valence-electron chi connectivity index (χ2n) is 10.4. The van der Waals surface area contributed by atoms with Gasteiger partial charge in [-0.1, -0.05) is 12.1 Å². The molecular weight excluding hydrogens is 529 g/mol. The molecule has 1 aromatic heterocycles. The zero-order valence-corrected chi connectivity index (χ0v) is 21.7. The molecule has 210 valence electrons. The lowest BCUT2D eigenvalue weighted by molar-refractivity contribution is -0.141. The Bertz CT molecular complexity index is 1410. The zero-order chi connectivity index (χ0) is 28.1. The highest BCUT2D eigenvalue weighted by Gasteiger charge is 2.43. The summed E-state index contributed by atoms with van der Waals surface area (Å²) in [6.45, 7) is 4.96. The third kappa shape index (κ3) is 5.39. The van der Waals surface area contributed by atoms with E-state index in [9.17, 15) is 18.0 Å². The van der Waals surface area contributed by atoms with Crippen LogP contribution >= 0.6 is 0 Å². The molecule has 2 saturated heterocycles. The Hall–Kier alpha value is -3.97. The van der Waals surface area contributed by atoms with E-state index in [2.05, 4.69) is 25.6 Å². The number of halogens is 3. The van der Waals surface area contributed by atoms with Gasteiger partial charge in [0.15, 0.2) is 11.6 Å². The van der Waals surface area contributed by atoms with Crippen molar-refractivity contribution in [1.29, 1.82) is 0 Å². The maximum Gasteiger partial charge on any atom is 0.416 e. The normalized spacial score (nSPS) is 24.9. The lowest BCUT2D eigenvalue weighted by atomic mass is 10.1. The van der Waals surface area contributed by atoms with Crippen LogP contribution in [0.2, 0.25) is 0 Å². The van der Waals surface area contributed by atoms with Gasteiger partial charge in [0.05, 0.1) is 42.0 Å². The van der Waals surface area contributed by atoms with E-state index in [0.29, 0.717) is 54.8 Å². The van der Waals surface area contributed by atoms with Gasteiger partial charge in [-0.3, -0.25) is 9.79 Å². The van der Waals surface area contributed by atoms with Crippen molar-refractivity contribution in [2.45, 2.75) is 50.4 Å². The van der Waals surface area contributed by atoms with E-state index in [0.717, 1.165) is 12.1 Å². The van der Waals surface area contributed by atoms with Gasteiger partial charge in [-0.05, 0) is 32.0 Å². The summed E-state index contributed by atoms with van der Waals surface area (Å²) < 4.78 is 56.4. The fourth-order valence-electron chi connectivity index (χ4n) is 5.09. The summed E-state index contributed by atoms with van der Waals surface area (Å²) in [5.74, 6) is 0.300. The molecule has 0 spiro atoms. The number of nitrogens with zero attached hydrogens (tertiary/aromatic N) is 4. The molecule has 0 saturated carbocycles. The predicted octanol–water partition coefficient (Wildman–Crippen LogP) is 3.32. The molecule has 2 bridgehead atoms. The minimum atomic E-state index is -4.46. The van der Waals surface area contributed by atoms with Gasteiger partial charge in [0, 0.05) is 24.6 Å². The van der Waals surface area contributed by atoms with Crippen LogP contribution in [-0.4, -0.2) is 71.2 Å². The fourth-order valence-corrected chi connectivity index (χ4v) is 5.09. The smallest absolute Gasteiger partial charge is 0.416 e. The minimum Gasteiger partial charge on any atom is -0.475 e. The number of aromatic nitrogens is 1. The highest BCUT2D eigenvalue weighted by Crippen LogP contribution is 2.33. The van der Waals surface area contributed by atoms with Crippen molar-refractivity contribution in [1.82, 2.24) is 15.2 Å². The average molecular weight is 557 g/mol. The van der Waals surface area contributed by atoms with E-state index in [-0.39, 0.29) is 23.9 Å². The summed E-state index contributed by atoms with van der Waals surface area (Å²) in [5, 5.41) is 5.95. The second kappa shape index (κ2) is 9.89. The van der Waals surface area contributed by atoms with E-state index < -0.39 is 23.6 Å². The number of nitrogens with one attached hydrogen (secondary N) is 2. The van der Waals surface area contributed by atoms with Crippen molar-refractivity contribution < 1.29 is 32.2 Å². The van der Waals surface area contributed by atoms with Crippen molar-refractivity contribution in [2.75, 3.05) is 25.1 Å². The lowest BCUT2D eigenvalue weighted by Gasteiger charge is -2.32. The number of pyridine rings is 1. The summed E-state index contributed by atoms with van der Waals surface area (Å²) in [6.07, 6.45) is -1.09. The van der Waals surface area contributed by atoms with Crippen molar-refractivity contribution in [3.63, 3.8) is 0 Å². The van der Waals surface area contributed by atoms with E-state index in [4.69, 9.17) is 14.2 Å². The number of carbonyl (C=O) groups excluding carboxylic acids is 1. The Balaban J connectivity index is 1.10. The summed E-state index contributed by atoms with van der Waals surface area (Å²) in [4.78, 5) is 28.4. The largest absolute Gasteiger partial charge is 0.475 e. The number of ether oxygens (including phenoxy) is 3. The number of fused-ring (bicyclic) bond motifs is 4. The molecule has 1 unspecified atom stereocenters. The molecule has 4 aliphatic heterocycles. The van der Waals surface area contributed by atoms with Crippen LogP contribution in [0.3, 0.4) is 0 Å². The molecule has 1 amide bonds. The number of hydrogen-bond donors (Lipinski definition) is 2. The van der Waals surface area contributed by atoms with E-state index in [1.807, 2.05) is 18.7 Å². The Morgan fingerprint density at radius 1 is 1.25 bits per heavy atom. The van der Waals surface area contributed by atoms with Crippen LogP contribution in [0.5, 0.6) is 5.88 Å². The molecule has 40 heavy (non-hydrogen) atoms. The molecule has 2 fully saturated rings. The first-order chi connectivity index (χ1) is 19.0. The number of carbonyl (C=O) groups is 1. The maximum atomic E-state index is 13.2. The monoisotopic (exact) mass is 556 g/mol. The van der Waals surface area contributed by atoms with Gasteiger partial charge >= 0.3 is 6.18 Å². The van der Waals surface area contributed by atoms with Crippen LogP contribution in [0.25, 0.3) is 0 Å². The number of hydrogen-bond acceptors (Lipinski definition) is 9. The highest BCUT2D eigenvalue weighted by atomic mass is 19.4. The van der Waals surface area contributed by atoms with E-state index in [1.165, 1.54) is 12.3 Å². The predicted molar refractivity (Wildman–Crippen MR) is 139 cm³/mol. The summed E-state index contributed by atoms with van der Waals surface area (Å²) in [7, 11) is 0.